The number of ether oxygens (including phenoxy) is 1. The van der Waals surface area contributed by atoms with E-state index in [1.165, 1.54) is 0 Å². The fourth-order valence-corrected chi connectivity index (χ4v) is 6.34. The van der Waals surface area contributed by atoms with Crippen LogP contribution in [0, 0.1) is 6.92 Å². The molecule has 2 aromatic rings. The van der Waals surface area contributed by atoms with Gasteiger partial charge in [-0.25, -0.2) is 0 Å². The molecule has 0 aliphatic carbocycles. The summed E-state index contributed by atoms with van der Waals surface area (Å²) in [5, 5.41) is 5.62. The fourth-order valence-electron chi connectivity index (χ4n) is 3.52. The lowest BCUT2D eigenvalue weighted by Gasteiger charge is -2.20. The van der Waals surface area contributed by atoms with Crippen LogP contribution in [-0.2, 0) is 16.1 Å². The summed E-state index contributed by atoms with van der Waals surface area (Å²) in [7, 11) is 4.80. The van der Waals surface area contributed by atoms with Crippen molar-refractivity contribution in [1.29, 1.82) is 0 Å². The highest BCUT2D eigenvalue weighted by Crippen LogP contribution is 2.30. The molecule has 1 aliphatic rings. The minimum absolute atomic E-state index is 0.118. The van der Waals surface area contributed by atoms with Gasteiger partial charge in [0.1, 0.15) is 5.75 Å². The number of aryl methyl sites for hydroxylation is 1. The average molecular weight is 547 g/mol. The van der Waals surface area contributed by atoms with Crippen LogP contribution in [0.4, 0.5) is 5.69 Å². The van der Waals surface area contributed by atoms with Gasteiger partial charge in [-0.2, -0.15) is 0 Å². The van der Waals surface area contributed by atoms with Crippen molar-refractivity contribution in [3.05, 3.63) is 53.1 Å². The third-order valence-corrected chi connectivity index (χ3v) is 8.90. The van der Waals surface area contributed by atoms with Gasteiger partial charge in [-0.05, 0) is 61.2 Å². The number of hydrogen-bond donors (Lipinski definition) is 2. The van der Waals surface area contributed by atoms with Gasteiger partial charge in [-0.3, -0.25) is 19.4 Å². The van der Waals surface area contributed by atoms with Crippen LogP contribution in [0.25, 0.3) is 0 Å². The lowest BCUT2D eigenvalue weighted by atomic mass is 10.1. The maximum absolute atomic E-state index is 12.7. The van der Waals surface area contributed by atoms with E-state index in [0.29, 0.717) is 37.5 Å². The highest BCUT2D eigenvalue weighted by molar-refractivity contribution is 8.76. The predicted octanol–water partition coefficient (Wildman–Crippen LogP) is 3.70. The highest BCUT2D eigenvalue weighted by atomic mass is 33.1. The SMILES string of the molecule is C=Nc1ccc(C(=O)NCCSSCCNC(=O)C(=O)N2CCSc3ccc(OC)cc3C2)c(C)c1. The van der Waals surface area contributed by atoms with E-state index >= 15 is 0 Å². The summed E-state index contributed by atoms with van der Waals surface area (Å²) in [4.78, 5) is 44.0. The van der Waals surface area contributed by atoms with Gasteiger partial charge in [-0.15, -0.1) is 11.8 Å². The fraction of sp³-hybridized carbons (Fsp3) is 0.360. The van der Waals surface area contributed by atoms with E-state index in [1.807, 2.05) is 31.2 Å². The molecule has 1 aliphatic heterocycles. The first-order valence-electron chi connectivity index (χ1n) is 11.4. The second kappa shape index (κ2) is 14.2. The van der Waals surface area contributed by atoms with E-state index in [0.717, 1.165) is 39.0 Å². The summed E-state index contributed by atoms with van der Waals surface area (Å²) in [5.41, 5.74) is 3.20. The zero-order chi connectivity index (χ0) is 25.9. The molecule has 11 heteroatoms. The van der Waals surface area contributed by atoms with Crippen molar-refractivity contribution in [1.82, 2.24) is 15.5 Å². The number of fused-ring (bicyclic) bond motifs is 1. The summed E-state index contributed by atoms with van der Waals surface area (Å²) in [5.74, 6) is 1.63. The van der Waals surface area contributed by atoms with Gasteiger partial charge in [0.25, 0.3) is 5.91 Å². The molecule has 0 unspecified atom stereocenters. The van der Waals surface area contributed by atoms with Crippen molar-refractivity contribution < 1.29 is 19.1 Å². The molecule has 0 saturated carbocycles. The monoisotopic (exact) mass is 546 g/mol. The second-order valence-electron chi connectivity index (χ2n) is 7.86. The van der Waals surface area contributed by atoms with Crippen LogP contribution >= 0.6 is 33.3 Å². The second-order valence-corrected chi connectivity index (χ2v) is 11.7. The lowest BCUT2D eigenvalue weighted by Crippen LogP contribution is -2.43. The van der Waals surface area contributed by atoms with Crippen molar-refractivity contribution in [2.24, 2.45) is 4.99 Å². The highest BCUT2D eigenvalue weighted by Gasteiger charge is 2.24. The molecule has 2 N–H and O–H groups in total. The number of benzene rings is 2. The van der Waals surface area contributed by atoms with Crippen molar-refractivity contribution in [2.75, 3.05) is 44.0 Å². The topological polar surface area (TPSA) is 100 Å². The molecular weight excluding hydrogens is 517 g/mol. The Bertz CT molecular complexity index is 1110. The summed E-state index contributed by atoms with van der Waals surface area (Å²) in [6.45, 7) is 7.18. The smallest absolute Gasteiger partial charge is 0.312 e. The molecule has 0 fully saturated rings. The molecule has 3 rings (SSSR count). The van der Waals surface area contributed by atoms with E-state index in [-0.39, 0.29) is 5.91 Å². The predicted molar refractivity (Wildman–Crippen MR) is 150 cm³/mol. The number of nitrogens with one attached hydrogen (secondary N) is 2. The number of hydrogen-bond acceptors (Lipinski definition) is 8. The molecule has 36 heavy (non-hydrogen) atoms. The number of aliphatic imine (C=N–C) groups is 1. The Kier molecular flexibility index (Phi) is 11.0. The molecule has 1 heterocycles. The first kappa shape index (κ1) is 27.9. The Morgan fingerprint density at radius 3 is 2.56 bits per heavy atom. The Hall–Kier alpha value is -2.63. The summed E-state index contributed by atoms with van der Waals surface area (Å²) in [6.07, 6.45) is 0. The van der Waals surface area contributed by atoms with Crippen LogP contribution in [-0.4, -0.2) is 73.3 Å². The molecule has 0 atom stereocenters. The van der Waals surface area contributed by atoms with Gasteiger partial charge in [0, 0.05) is 53.9 Å². The Morgan fingerprint density at radius 1 is 1.11 bits per heavy atom. The van der Waals surface area contributed by atoms with Crippen molar-refractivity contribution >= 4 is 63.5 Å². The van der Waals surface area contributed by atoms with Gasteiger partial charge in [0.05, 0.1) is 12.8 Å². The van der Waals surface area contributed by atoms with E-state index in [9.17, 15) is 14.4 Å². The van der Waals surface area contributed by atoms with Crippen LogP contribution < -0.4 is 15.4 Å². The Labute approximate surface area is 223 Å². The summed E-state index contributed by atoms with van der Waals surface area (Å²) >= 11 is 1.68. The van der Waals surface area contributed by atoms with Crippen molar-refractivity contribution in [3.63, 3.8) is 0 Å². The maximum atomic E-state index is 12.7. The van der Waals surface area contributed by atoms with E-state index in [2.05, 4.69) is 22.3 Å². The largest absolute Gasteiger partial charge is 0.497 e. The minimum Gasteiger partial charge on any atom is -0.497 e. The molecule has 0 radical (unpaired) electrons. The third-order valence-electron chi connectivity index (χ3n) is 5.39. The zero-order valence-electron chi connectivity index (χ0n) is 20.4. The molecule has 0 spiro atoms. The number of thioether (sulfide) groups is 1. The van der Waals surface area contributed by atoms with Gasteiger partial charge in [0.15, 0.2) is 0 Å². The Morgan fingerprint density at radius 2 is 1.86 bits per heavy atom. The molecule has 192 valence electrons. The standard InChI is InChI=1S/C25H30N4O4S3/c1-17-14-19(26-2)4-6-21(17)23(30)27-8-11-35-36-12-9-28-24(31)25(32)29-10-13-34-22-7-5-20(33-3)15-18(22)16-29/h4-7,14-15H,2,8-13,16H2,1,3H3,(H,27,30)(H,28,31). The normalized spacial score (nSPS) is 12.8. The molecule has 0 saturated heterocycles. The van der Waals surface area contributed by atoms with Crippen LogP contribution in [0.3, 0.4) is 0 Å². The molecule has 0 aromatic heterocycles. The van der Waals surface area contributed by atoms with Crippen LogP contribution in [0.1, 0.15) is 21.5 Å². The summed E-state index contributed by atoms with van der Waals surface area (Å²) in [6, 6.07) is 11.2. The van der Waals surface area contributed by atoms with E-state index in [4.69, 9.17) is 4.74 Å². The quantitative estimate of drug-likeness (QED) is 0.203. The lowest BCUT2D eigenvalue weighted by molar-refractivity contribution is -0.146. The number of methoxy groups -OCH3 is 1. The number of amides is 3. The average Bonchev–Trinajstić information content (AvgIpc) is 3.11. The maximum Gasteiger partial charge on any atom is 0.312 e. The van der Waals surface area contributed by atoms with Crippen LogP contribution in [0.15, 0.2) is 46.3 Å². The molecule has 0 bridgehead atoms. The van der Waals surface area contributed by atoms with Gasteiger partial charge in [0.2, 0.25) is 0 Å². The Balaban J connectivity index is 1.31. The molecule has 3 amide bonds. The van der Waals surface area contributed by atoms with Gasteiger partial charge >= 0.3 is 11.8 Å². The van der Waals surface area contributed by atoms with Crippen molar-refractivity contribution in [2.45, 2.75) is 18.4 Å². The first-order valence-corrected chi connectivity index (χ1v) is 14.9. The number of carbonyl (C=O) groups excluding carboxylic acids is 3. The van der Waals surface area contributed by atoms with E-state index in [1.54, 1.807) is 57.5 Å². The van der Waals surface area contributed by atoms with E-state index < -0.39 is 11.8 Å². The van der Waals surface area contributed by atoms with Crippen LogP contribution in [0.2, 0.25) is 0 Å². The third kappa shape index (κ3) is 7.94. The van der Waals surface area contributed by atoms with Crippen LogP contribution in [0.5, 0.6) is 5.75 Å². The number of rotatable bonds is 10. The van der Waals surface area contributed by atoms with Gasteiger partial charge < -0.3 is 20.3 Å². The molecule has 2 aromatic carbocycles. The van der Waals surface area contributed by atoms with Crippen molar-refractivity contribution in [3.8, 4) is 5.75 Å². The zero-order valence-corrected chi connectivity index (χ0v) is 22.8. The molecule has 8 nitrogen and oxygen atoms in total. The first-order chi connectivity index (χ1) is 17.4. The number of nitrogens with zero attached hydrogens (tertiary/aromatic N) is 2. The molecular formula is C25H30N4O4S3. The number of carbonyl (C=O) groups is 3. The minimum atomic E-state index is -0.586. The summed E-state index contributed by atoms with van der Waals surface area (Å²) < 4.78 is 5.29. The van der Waals surface area contributed by atoms with Gasteiger partial charge in [-0.1, -0.05) is 21.6 Å².